The monoisotopic (exact) mass is 515 g/mol. The van der Waals surface area contributed by atoms with Crippen molar-refractivity contribution < 1.29 is 33.1 Å². The fraction of sp³-hybridized carbons (Fsp3) is 0.962. The summed E-state index contributed by atoms with van der Waals surface area (Å²) in [6.07, 6.45) is 6.37. The van der Waals surface area contributed by atoms with Gasteiger partial charge in [-0.25, -0.2) is 0 Å². The van der Waals surface area contributed by atoms with Gasteiger partial charge in [0.25, 0.3) is 10.1 Å². The van der Waals surface area contributed by atoms with Crippen LogP contribution in [-0.4, -0.2) is 64.3 Å². The zero-order valence-corrected chi connectivity index (χ0v) is 22.3. The number of rotatable bonds is 7. The third-order valence-electron chi connectivity index (χ3n) is 11.0. The fourth-order valence-corrected chi connectivity index (χ4v) is 9.53. The first-order valence-electron chi connectivity index (χ1n) is 13.5. The largest absolute Gasteiger partial charge is 0.393 e. The van der Waals surface area contributed by atoms with E-state index in [4.69, 9.17) is 4.55 Å². The molecule has 5 N–H and O–H groups in total. The molecule has 35 heavy (non-hydrogen) atoms. The van der Waals surface area contributed by atoms with Crippen LogP contribution < -0.4 is 5.32 Å². The Bertz CT molecular complexity index is 911. The number of carbonyl (C=O) groups is 1. The van der Waals surface area contributed by atoms with E-state index in [1.54, 1.807) is 0 Å². The Hall–Kier alpha value is -0.740. The van der Waals surface area contributed by atoms with Gasteiger partial charge in [-0.05, 0) is 85.4 Å². The first-order chi connectivity index (χ1) is 16.2. The second-order valence-electron chi connectivity index (χ2n) is 12.8. The van der Waals surface area contributed by atoms with Gasteiger partial charge >= 0.3 is 0 Å². The Morgan fingerprint density at radius 2 is 1.77 bits per heavy atom. The van der Waals surface area contributed by atoms with E-state index in [0.717, 1.165) is 38.5 Å². The van der Waals surface area contributed by atoms with Crippen molar-refractivity contribution in [3.8, 4) is 0 Å². The maximum atomic E-state index is 12.2. The average Bonchev–Trinajstić information content (AvgIpc) is 3.09. The van der Waals surface area contributed by atoms with Crippen LogP contribution in [0.25, 0.3) is 0 Å². The Morgan fingerprint density at radius 1 is 1.06 bits per heavy atom. The highest BCUT2D eigenvalue weighted by molar-refractivity contribution is 7.85. The Labute approximate surface area is 210 Å². The lowest BCUT2D eigenvalue weighted by molar-refractivity contribution is -0.249. The molecule has 4 rings (SSSR count). The lowest BCUT2D eigenvalue weighted by atomic mass is 9.42. The maximum absolute atomic E-state index is 12.2. The quantitative estimate of drug-likeness (QED) is 0.328. The summed E-state index contributed by atoms with van der Waals surface area (Å²) >= 11 is 0. The molecular formula is C26H45NO7S. The second-order valence-corrected chi connectivity index (χ2v) is 14.4. The summed E-state index contributed by atoms with van der Waals surface area (Å²) in [5.74, 6) is 0.910. The molecule has 0 aliphatic heterocycles. The molecule has 4 fully saturated rings. The van der Waals surface area contributed by atoms with Gasteiger partial charge in [0, 0.05) is 25.8 Å². The molecule has 10 atom stereocenters. The number of carbonyl (C=O) groups excluding carboxylic acids is 1. The van der Waals surface area contributed by atoms with Crippen molar-refractivity contribution in [1.82, 2.24) is 5.32 Å². The molecule has 4 saturated carbocycles. The SMILES string of the molecule is CC(CCC(=O)NCCS(=O)(=O)O)C1CCC2C3C(O)CC4(O)CC(O)CCC4(C)C3CCC12C. The standard InChI is InChI=1S/C26H45NO7S/c1-16(4-7-22(30)27-12-13-35(32,33)34)18-5-6-19-23-20(9-10-24(18,19)2)25(3)11-8-17(28)14-26(25,31)15-21(23)29/h16-21,23,28-29,31H,4-15H2,1-3H3,(H,27,30)(H,32,33,34). The molecule has 0 aromatic heterocycles. The third kappa shape index (κ3) is 4.92. The van der Waals surface area contributed by atoms with Crippen LogP contribution in [0.15, 0.2) is 0 Å². The summed E-state index contributed by atoms with van der Waals surface area (Å²) in [5, 5.41) is 35.8. The number of hydrogen-bond acceptors (Lipinski definition) is 6. The average molecular weight is 516 g/mol. The Balaban J connectivity index is 1.41. The van der Waals surface area contributed by atoms with Crippen molar-refractivity contribution >= 4 is 16.0 Å². The summed E-state index contributed by atoms with van der Waals surface area (Å²) in [6, 6.07) is 0. The maximum Gasteiger partial charge on any atom is 0.266 e. The molecule has 4 aliphatic carbocycles. The van der Waals surface area contributed by atoms with Crippen LogP contribution in [-0.2, 0) is 14.9 Å². The van der Waals surface area contributed by atoms with Crippen molar-refractivity contribution in [1.29, 1.82) is 0 Å². The predicted molar refractivity (Wildman–Crippen MR) is 132 cm³/mol. The molecule has 0 spiro atoms. The van der Waals surface area contributed by atoms with Crippen LogP contribution in [0.1, 0.15) is 85.0 Å². The van der Waals surface area contributed by atoms with E-state index < -0.39 is 33.7 Å². The van der Waals surface area contributed by atoms with E-state index >= 15 is 0 Å². The summed E-state index contributed by atoms with van der Waals surface area (Å²) in [7, 11) is -4.08. The smallest absolute Gasteiger partial charge is 0.266 e. The molecule has 9 heteroatoms. The van der Waals surface area contributed by atoms with E-state index in [1.807, 2.05) is 0 Å². The van der Waals surface area contributed by atoms with Crippen molar-refractivity contribution in [2.24, 2.45) is 40.4 Å². The van der Waals surface area contributed by atoms with Crippen LogP contribution in [0.2, 0.25) is 0 Å². The highest BCUT2D eigenvalue weighted by atomic mass is 32.2. The number of aliphatic hydroxyl groups is 3. The van der Waals surface area contributed by atoms with Gasteiger partial charge in [-0.1, -0.05) is 20.8 Å². The van der Waals surface area contributed by atoms with Crippen molar-refractivity contribution in [2.45, 2.75) is 103 Å². The minimum atomic E-state index is -4.08. The van der Waals surface area contributed by atoms with Gasteiger partial charge in [-0.2, -0.15) is 8.42 Å². The van der Waals surface area contributed by atoms with E-state index in [9.17, 15) is 28.5 Å². The van der Waals surface area contributed by atoms with E-state index in [1.165, 1.54) is 0 Å². The zero-order chi connectivity index (χ0) is 25.8. The molecule has 4 aliphatic rings. The van der Waals surface area contributed by atoms with Gasteiger partial charge in [0.05, 0.1) is 23.6 Å². The number of hydrogen-bond donors (Lipinski definition) is 5. The predicted octanol–water partition coefficient (Wildman–Crippen LogP) is 2.51. The first kappa shape index (κ1) is 27.3. The molecule has 202 valence electrons. The van der Waals surface area contributed by atoms with Gasteiger partial charge in [0.15, 0.2) is 0 Å². The summed E-state index contributed by atoms with van der Waals surface area (Å²) < 4.78 is 30.5. The minimum absolute atomic E-state index is 0.0850. The van der Waals surface area contributed by atoms with Crippen LogP contribution >= 0.6 is 0 Å². The van der Waals surface area contributed by atoms with Crippen LogP contribution in [0.3, 0.4) is 0 Å². The molecule has 0 bridgehead atoms. The Kier molecular flexibility index (Phi) is 7.43. The number of nitrogens with one attached hydrogen (secondary N) is 1. The topological polar surface area (TPSA) is 144 Å². The van der Waals surface area contributed by atoms with E-state index in [-0.39, 0.29) is 35.1 Å². The lowest BCUT2D eigenvalue weighted by Gasteiger charge is -2.65. The number of amides is 1. The van der Waals surface area contributed by atoms with Gasteiger partial charge in [0.2, 0.25) is 5.91 Å². The highest BCUT2D eigenvalue weighted by Crippen LogP contribution is 2.69. The highest BCUT2D eigenvalue weighted by Gasteiger charge is 2.67. The molecule has 1 amide bonds. The van der Waals surface area contributed by atoms with Gasteiger partial charge < -0.3 is 20.6 Å². The van der Waals surface area contributed by atoms with Crippen LogP contribution in [0, 0.1) is 40.4 Å². The number of aliphatic hydroxyl groups excluding tert-OH is 2. The normalized spacial score (nSPS) is 46.3. The molecular weight excluding hydrogens is 470 g/mol. The molecule has 0 heterocycles. The van der Waals surface area contributed by atoms with E-state index in [2.05, 4.69) is 26.1 Å². The lowest BCUT2D eigenvalue weighted by Crippen LogP contribution is -2.66. The molecule has 10 unspecified atom stereocenters. The Morgan fingerprint density at radius 3 is 2.46 bits per heavy atom. The molecule has 0 radical (unpaired) electrons. The van der Waals surface area contributed by atoms with Gasteiger partial charge in [-0.3, -0.25) is 9.35 Å². The first-order valence-corrected chi connectivity index (χ1v) is 15.1. The fourth-order valence-electron chi connectivity index (χ4n) is 9.17. The molecule has 0 aromatic rings. The van der Waals surface area contributed by atoms with Crippen molar-refractivity contribution in [2.75, 3.05) is 12.3 Å². The summed E-state index contributed by atoms with van der Waals surface area (Å²) in [5.41, 5.74) is -1.20. The molecule has 0 aromatic carbocycles. The van der Waals surface area contributed by atoms with Crippen molar-refractivity contribution in [3.05, 3.63) is 0 Å². The van der Waals surface area contributed by atoms with Gasteiger partial charge in [0.1, 0.15) is 0 Å². The molecule has 8 nitrogen and oxygen atoms in total. The van der Waals surface area contributed by atoms with E-state index in [0.29, 0.717) is 43.4 Å². The second kappa shape index (κ2) is 9.53. The minimum Gasteiger partial charge on any atom is -0.393 e. The summed E-state index contributed by atoms with van der Waals surface area (Å²) in [4.78, 5) is 12.2. The summed E-state index contributed by atoms with van der Waals surface area (Å²) in [6.45, 7) is 6.68. The zero-order valence-electron chi connectivity index (χ0n) is 21.4. The number of fused-ring (bicyclic) bond motifs is 5. The van der Waals surface area contributed by atoms with Crippen LogP contribution in [0.4, 0.5) is 0 Å². The molecule has 0 saturated heterocycles. The van der Waals surface area contributed by atoms with Crippen molar-refractivity contribution in [3.63, 3.8) is 0 Å². The van der Waals surface area contributed by atoms with Gasteiger partial charge in [-0.15, -0.1) is 0 Å². The third-order valence-corrected chi connectivity index (χ3v) is 11.8. The van der Waals surface area contributed by atoms with Crippen LogP contribution in [0.5, 0.6) is 0 Å².